The Morgan fingerprint density at radius 2 is 1.94 bits per heavy atom. The van der Waals surface area contributed by atoms with Crippen molar-refractivity contribution >= 4 is 29.6 Å². The van der Waals surface area contributed by atoms with Crippen molar-refractivity contribution in [2.24, 2.45) is 0 Å². The number of carboxylic acid groups (broad SMARTS) is 2. The number of hydrogen-bond acceptors (Lipinski definition) is 4. The molecular weight excluding hydrogens is 234 g/mol. The molecule has 0 saturated carbocycles. The maximum Gasteiger partial charge on any atom is 0.328 e. The van der Waals surface area contributed by atoms with Crippen molar-refractivity contribution in [1.82, 2.24) is 5.32 Å². The SMILES string of the molecule is CSCCC(NC(=O)/C=C/C(=O)O)C(=O)O. The fourth-order valence-electron chi connectivity index (χ4n) is 0.860. The van der Waals surface area contributed by atoms with Crippen molar-refractivity contribution in [2.45, 2.75) is 12.5 Å². The van der Waals surface area contributed by atoms with Gasteiger partial charge in [0.25, 0.3) is 0 Å². The van der Waals surface area contributed by atoms with Crippen molar-refractivity contribution in [2.75, 3.05) is 12.0 Å². The topological polar surface area (TPSA) is 104 Å². The molecule has 0 saturated heterocycles. The molecule has 1 unspecified atom stereocenters. The maximum atomic E-state index is 11.1. The summed E-state index contributed by atoms with van der Waals surface area (Å²) in [5, 5.41) is 19.2. The Morgan fingerprint density at radius 3 is 2.38 bits per heavy atom. The molecule has 3 N–H and O–H groups in total. The molecule has 16 heavy (non-hydrogen) atoms. The second-order valence-corrected chi connectivity index (χ2v) is 3.84. The summed E-state index contributed by atoms with van der Waals surface area (Å²) in [5.74, 6) is -2.52. The van der Waals surface area contributed by atoms with Crippen LogP contribution in [0.4, 0.5) is 0 Å². The minimum absolute atomic E-state index is 0.295. The molecule has 0 aromatic rings. The zero-order valence-electron chi connectivity index (χ0n) is 8.67. The Bertz CT molecular complexity index is 302. The average molecular weight is 247 g/mol. The van der Waals surface area contributed by atoms with Crippen LogP contribution < -0.4 is 5.32 Å². The molecule has 0 aromatic carbocycles. The Balaban J connectivity index is 4.23. The highest BCUT2D eigenvalue weighted by atomic mass is 32.2. The lowest BCUT2D eigenvalue weighted by Gasteiger charge is -2.11. The molecule has 90 valence electrons. The van der Waals surface area contributed by atoms with Crippen molar-refractivity contribution in [3.05, 3.63) is 12.2 Å². The van der Waals surface area contributed by atoms with E-state index in [-0.39, 0.29) is 0 Å². The molecule has 0 aliphatic carbocycles. The molecule has 0 aliphatic rings. The van der Waals surface area contributed by atoms with E-state index in [1.54, 1.807) is 0 Å². The van der Waals surface area contributed by atoms with Crippen LogP contribution in [0.2, 0.25) is 0 Å². The van der Waals surface area contributed by atoms with Crippen LogP contribution in [-0.4, -0.2) is 46.1 Å². The van der Waals surface area contributed by atoms with Crippen molar-refractivity contribution in [3.63, 3.8) is 0 Å². The quantitative estimate of drug-likeness (QED) is 0.545. The van der Waals surface area contributed by atoms with E-state index in [0.29, 0.717) is 18.2 Å². The summed E-state index contributed by atoms with van der Waals surface area (Å²) >= 11 is 1.47. The van der Waals surface area contributed by atoms with Crippen LogP contribution in [0, 0.1) is 0 Å². The Kier molecular flexibility index (Phi) is 7.02. The summed E-state index contributed by atoms with van der Waals surface area (Å²) in [6.45, 7) is 0. The van der Waals surface area contributed by atoms with Crippen LogP contribution in [0.1, 0.15) is 6.42 Å². The first-order valence-electron chi connectivity index (χ1n) is 4.40. The van der Waals surface area contributed by atoms with Gasteiger partial charge in [0.2, 0.25) is 5.91 Å². The van der Waals surface area contributed by atoms with Gasteiger partial charge in [-0.05, 0) is 18.4 Å². The van der Waals surface area contributed by atoms with Gasteiger partial charge in [-0.1, -0.05) is 0 Å². The lowest BCUT2D eigenvalue weighted by molar-refractivity contribution is -0.141. The summed E-state index contributed by atoms with van der Waals surface area (Å²) in [6.07, 6.45) is 3.56. The Morgan fingerprint density at radius 1 is 1.31 bits per heavy atom. The van der Waals surface area contributed by atoms with Gasteiger partial charge in [0.1, 0.15) is 6.04 Å². The molecule has 0 aliphatic heterocycles. The fraction of sp³-hybridized carbons (Fsp3) is 0.444. The van der Waals surface area contributed by atoms with Gasteiger partial charge in [-0.25, -0.2) is 9.59 Å². The number of thioether (sulfide) groups is 1. The molecule has 0 radical (unpaired) electrons. The highest BCUT2D eigenvalue weighted by Crippen LogP contribution is 2.00. The van der Waals surface area contributed by atoms with E-state index >= 15 is 0 Å². The third-order valence-electron chi connectivity index (χ3n) is 1.60. The van der Waals surface area contributed by atoms with Crippen LogP contribution in [0.5, 0.6) is 0 Å². The van der Waals surface area contributed by atoms with E-state index in [1.165, 1.54) is 11.8 Å². The molecule has 0 heterocycles. The van der Waals surface area contributed by atoms with E-state index in [9.17, 15) is 14.4 Å². The van der Waals surface area contributed by atoms with Gasteiger partial charge in [-0.2, -0.15) is 11.8 Å². The number of nitrogens with one attached hydrogen (secondary N) is 1. The van der Waals surface area contributed by atoms with Crippen LogP contribution in [0.25, 0.3) is 0 Å². The highest BCUT2D eigenvalue weighted by molar-refractivity contribution is 7.98. The predicted molar refractivity (Wildman–Crippen MR) is 59.3 cm³/mol. The number of carbonyl (C=O) groups is 3. The lowest BCUT2D eigenvalue weighted by Crippen LogP contribution is -2.40. The minimum atomic E-state index is -1.26. The fourth-order valence-corrected chi connectivity index (χ4v) is 1.33. The largest absolute Gasteiger partial charge is 0.480 e. The van der Waals surface area contributed by atoms with Gasteiger partial charge in [0.15, 0.2) is 0 Å². The van der Waals surface area contributed by atoms with Crippen LogP contribution in [0.3, 0.4) is 0 Å². The standard InChI is InChI=1S/C9H13NO5S/c1-16-5-4-6(9(14)15)10-7(11)2-3-8(12)13/h2-3,6H,4-5H2,1H3,(H,10,11)(H,12,13)(H,14,15)/b3-2+. The van der Waals surface area contributed by atoms with Gasteiger partial charge >= 0.3 is 11.9 Å². The average Bonchev–Trinajstić information content (AvgIpc) is 2.20. The van der Waals surface area contributed by atoms with E-state index < -0.39 is 23.9 Å². The Labute approximate surface area is 96.7 Å². The molecule has 0 rings (SSSR count). The third kappa shape index (κ3) is 6.88. The summed E-state index contributed by atoms with van der Waals surface area (Å²) in [4.78, 5) is 31.9. The Hall–Kier alpha value is -1.50. The molecule has 0 fully saturated rings. The number of amides is 1. The van der Waals surface area contributed by atoms with E-state index in [4.69, 9.17) is 10.2 Å². The summed E-state index contributed by atoms with van der Waals surface area (Å²) in [6, 6.07) is -0.988. The van der Waals surface area contributed by atoms with E-state index in [1.807, 2.05) is 6.26 Å². The van der Waals surface area contributed by atoms with Crippen LogP contribution in [-0.2, 0) is 14.4 Å². The molecule has 7 heteroatoms. The van der Waals surface area contributed by atoms with Crippen molar-refractivity contribution < 1.29 is 24.6 Å². The highest BCUT2D eigenvalue weighted by Gasteiger charge is 2.17. The first-order valence-corrected chi connectivity index (χ1v) is 5.80. The number of rotatable bonds is 7. The van der Waals surface area contributed by atoms with Crippen LogP contribution >= 0.6 is 11.8 Å². The number of carboxylic acids is 2. The zero-order valence-corrected chi connectivity index (χ0v) is 9.49. The van der Waals surface area contributed by atoms with Gasteiger partial charge < -0.3 is 15.5 Å². The second kappa shape index (κ2) is 7.75. The lowest BCUT2D eigenvalue weighted by atomic mass is 10.2. The van der Waals surface area contributed by atoms with Crippen LogP contribution in [0.15, 0.2) is 12.2 Å². The zero-order chi connectivity index (χ0) is 12.6. The van der Waals surface area contributed by atoms with Crippen molar-refractivity contribution in [3.8, 4) is 0 Å². The molecule has 0 bridgehead atoms. The smallest absolute Gasteiger partial charge is 0.328 e. The van der Waals surface area contributed by atoms with E-state index in [2.05, 4.69) is 5.32 Å². The molecule has 1 atom stereocenters. The first-order chi connectivity index (χ1) is 7.47. The molecule has 0 spiro atoms. The minimum Gasteiger partial charge on any atom is -0.480 e. The van der Waals surface area contributed by atoms with Gasteiger partial charge in [0, 0.05) is 12.2 Å². The van der Waals surface area contributed by atoms with E-state index in [0.717, 1.165) is 6.08 Å². The molecule has 1 amide bonds. The molecule has 0 aromatic heterocycles. The molecular formula is C9H13NO5S. The van der Waals surface area contributed by atoms with Gasteiger partial charge in [-0.15, -0.1) is 0 Å². The predicted octanol–water partition coefficient (Wildman–Crippen LogP) is -0.0503. The number of aliphatic carboxylic acids is 2. The van der Waals surface area contributed by atoms with Gasteiger partial charge in [0.05, 0.1) is 0 Å². The third-order valence-corrected chi connectivity index (χ3v) is 2.25. The van der Waals surface area contributed by atoms with Crippen molar-refractivity contribution in [1.29, 1.82) is 0 Å². The molecule has 6 nitrogen and oxygen atoms in total. The summed E-state index contributed by atoms with van der Waals surface area (Å²) < 4.78 is 0. The summed E-state index contributed by atoms with van der Waals surface area (Å²) in [7, 11) is 0. The van der Waals surface area contributed by atoms with Gasteiger partial charge in [-0.3, -0.25) is 4.79 Å². The normalized spacial score (nSPS) is 12.3. The maximum absolute atomic E-state index is 11.1. The summed E-state index contributed by atoms with van der Waals surface area (Å²) in [5.41, 5.74) is 0. The number of hydrogen-bond donors (Lipinski definition) is 3. The first kappa shape index (κ1) is 14.5. The monoisotopic (exact) mass is 247 g/mol. The number of carbonyl (C=O) groups excluding carboxylic acids is 1. The second-order valence-electron chi connectivity index (χ2n) is 2.85.